The third kappa shape index (κ3) is 3.14. The van der Waals surface area contributed by atoms with Crippen molar-refractivity contribution in [2.24, 2.45) is 7.05 Å². The number of aryl methyl sites for hydroxylation is 3. The van der Waals surface area contributed by atoms with E-state index in [1.54, 1.807) is 11.3 Å². The van der Waals surface area contributed by atoms with Crippen LogP contribution < -0.4 is 5.32 Å². The summed E-state index contributed by atoms with van der Waals surface area (Å²) in [7, 11) is 1.98. The monoisotopic (exact) mass is 250 g/mol. The fraction of sp³-hybridized carbons (Fsp3) is 0.500. The summed E-state index contributed by atoms with van der Waals surface area (Å²) in [6, 6.07) is 2.06. The van der Waals surface area contributed by atoms with Gasteiger partial charge in [0.15, 0.2) is 0 Å². The lowest BCUT2D eigenvalue weighted by molar-refractivity contribution is 0.645. The van der Waals surface area contributed by atoms with Gasteiger partial charge in [-0.2, -0.15) is 5.10 Å². The molecule has 0 fully saturated rings. The lowest BCUT2D eigenvalue weighted by atomic mass is 10.3. The second kappa shape index (κ2) is 5.42. The summed E-state index contributed by atoms with van der Waals surface area (Å²) in [4.78, 5) is 5.76. The number of hydrogen-bond acceptors (Lipinski definition) is 4. The maximum absolute atomic E-state index is 4.42. The molecular weight excluding hydrogens is 232 g/mol. The standard InChI is InChI=1S/C12H18N4S/c1-9-12(17-10(2)15-9)8-13-6-4-11-5-7-14-16(11)3/h5,7,13H,4,6,8H2,1-3H3. The van der Waals surface area contributed by atoms with Crippen molar-refractivity contribution in [3.63, 3.8) is 0 Å². The van der Waals surface area contributed by atoms with Crippen LogP contribution in [0.5, 0.6) is 0 Å². The van der Waals surface area contributed by atoms with E-state index in [1.807, 2.05) is 17.9 Å². The van der Waals surface area contributed by atoms with Gasteiger partial charge >= 0.3 is 0 Å². The van der Waals surface area contributed by atoms with Crippen molar-refractivity contribution in [3.05, 3.63) is 33.5 Å². The number of nitrogens with one attached hydrogen (secondary N) is 1. The number of thiazole rings is 1. The van der Waals surface area contributed by atoms with Crippen molar-refractivity contribution < 1.29 is 0 Å². The zero-order chi connectivity index (χ0) is 12.3. The molecule has 0 unspecified atom stereocenters. The first kappa shape index (κ1) is 12.3. The van der Waals surface area contributed by atoms with Crippen LogP contribution in [-0.2, 0) is 20.0 Å². The van der Waals surface area contributed by atoms with Crippen LogP contribution in [0.1, 0.15) is 21.3 Å². The van der Waals surface area contributed by atoms with E-state index in [9.17, 15) is 0 Å². The Morgan fingerprint density at radius 1 is 1.41 bits per heavy atom. The van der Waals surface area contributed by atoms with Gasteiger partial charge in [-0.15, -0.1) is 11.3 Å². The Morgan fingerprint density at radius 3 is 2.82 bits per heavy atom. The molecule has 0 spiro atoms. The molecule has 92 valence electrons. The molecule has 5 heteroatoms. The van der Waals surface area contributed by atoms with E-state index in [2.05, 4.69) is 35.3 Å². The Hall–Kier alpha value is -1.20. The molecule has 4 nitrogen and oxygen atoms in total. The van der Waals surface area contributed by atoms with Gasteiger partial charge in [0.2, 0.25) is 0 Å². The average molecular weight is 250 g/mol. The molecule has 0 amide bonds. The Balaban J connectivity index is 1.77. The number of hydrogen-bond donors (Lipinski definition) is 1. The van der Waals surface area contributed by atoms with Gasteiger partial charge in [0.25, 0.3) is 0 Å². The van der Waals surface area contributed by atoms with Crippen molar-refractivity contribution in [2.45, 2.75) is 26.8 Å². The summed E-state index contributed by atoms with van der Waals surface area (Å²) in [5.41, 5.74) is 2.41. The molecule has 0 bridgehead atoms. The summed E-state index contributed by atoms with van der Waals surface area (Å²) < 4.78 is 1.92. The molecule has 2 heterocycles. The van der Waals surface area contributed by atoms with Crippen molar-refractivity contribution in [1.29, 1.82) is 0 Å². The van der Waals surface area contributed by atoms with E-state index < -0.39 is 0 Å². The van der Waals surface area contributed by atoms with Gasteiger partial charge in [-0.05, 0) is 19.9 Å². The van der Waals surface area contributed by atoms with Crippen LogP contribution in [0.2, 0.25) is 0 Å². The van der Waals surface area contributed by atoms with Gasteiger partial charge in [0, 0.05) is 43.3 Å². The average Bonchev–Trinajstić information content (AvgIpc) is 2.81. The predicted octanol–water partition coefficient (Wildman–Crippen LogP) is 1.83. The van der Waals surface area contributed by atoms with Gasteiger partial charge in [0.05, 0.1) is 10.7 Å². The normalized spacial score (nSPS) is 11.0. The molecule has 2 rings (SSSR count). The first-order valence-corrected chi connectivity index (χ1v) is 6.59. The number of nitrogens with zero attached hydrogens (tertiary/aromatic N) is 3. The van der Waals surface area contributed by atoms with Crippen LogP contribution >= 0.6 is 11.3 Å². The van der Waals surface area contributed by atoms with Crippen molar-refractivity contribution in [2.75, 3.05) is 6.54 Å². The quantitative estimate of drug-likeness (QED) is 0.823. The topological polar surface area (TPSA) is 42.7 Å². The van der Waals surface area contributed by atoms with Gasteiger partial charge < -0.3 is 5.32 Å². The van der Waals surface area contributed by atoms with Crippen LogP contribution in [-0.4, -0.2) is 21.3 Å². The highest BCUT2D eigenvalue weighted by atomic mass is 32.1. The minimum absolute atomic E-state index is 0.912. The first-order valence-electron chi connectivity index (χ1n) is 5.77. The van der Waals surface area contributed by atoms with E-state index in [4.69, 9.17) is 0 Å². The van der Waals surface area contributed by atoms with Crippen molar-refractivity contribution in [1.82, 2.24) is 20.1 Å². The van der Waals surface area contributed by atoms with Gasteiger partial charge in [-0.25, -0.2) is 4.98 Å². The van der Waals surface area contributed by atoms with Crippen molar-refractivity contribution in [3.8, 4) is 0 Å². The summed E-state index contributed by atoms with van der Waals surface area (Å²) in [5.74, 6) is 0. The molecule has 0 aromatic carbocycles. The maximum atomic E-state index is 4.42. The summed E-state index contributed by atoms with van der Waals surface area (Å²) in [5, 5.41) is 8.75. The third-order valence-electron chi connectivity index (χ3n) is 2.77. The molecule has 2 aromatic rings. The van der Waals surface area contributed by atoms with Gasteiger partial charge in [0.1, 0.15) is 0 Å². The zero-order valence-electron chi connectivity index (χ0n) is 10.5. The van der Waals surface area contributed by atoms with Crippen LogP contribution in [0.4, 0.5) is 0 Å². The van der Waals surface area contributed by atoms with E-state index in [1.165, 1.54) is 10.6 Å². The minimum Gasteiger partial charge on any atom is -0.311 e. The van der Waals surface area contributed by atoms with Gasteiger partial charge in [-0.1, -0.05) is 0 Å². The molecule has 0 radical (unpaired) electrons. The second-order valence-electron chi connectivity index (χ2n) is 4.11. The Labute approximate surface area is 106 Å². The molecule has 0 aliphatic carbocycles. The summed E-state index contributed by atoms with van der Waals surface area (Å²) in [6.07, 6.45) is 2.85. The van der Waals surface area contributed by atoms with Crippen LogP contribution in [0.15, 0.2) is 12.3 Å². The molecule has 0 saturated carbocycles. The summed E-state index contributed by atoms with van der Waals surface area (Å²) in [6.45, 7) is 6.00. The SMILES string of the molecule is Cc1nc(C)c(CNCCc2ccnn2C)s1. The molecule has 1 N–H and O–H groups in total. The highest BCUT2D eigenvalue weighted by molar-refractivity contribution is 7.11. The van der Waals surface area contributed by atoms with E-state index in [-0.39, 0.29) is 0 Å². The Morgan fingerprint density at radius 2 is 2.24 bits per heavy atom. The third-order valence-corrected chi connectivity index (χ3v) is 3.84. The smallest absolute Gasteiger partial charge is 0.0900 e. The highest BCUT2D eigenvalue weighted by Gasteiger charge is 2.04. The fourth-order valence-corrected chi connectivity index (χ4v) is 2.71. The molecule has 0 aliphatic heterocycles. The van der Waals surface area contributed by atoms with Crippen LogP contribution in [0.25, 0.3) is 0 Å². The lowest BCUT2D eigenvalue weighted by Gasteiger charge is -2.04. The zero-order valence-corrected chi connectivity index (χ0v) is 11.3. The minimum atomic E-state index is 0.912. The van der Waals surface area contributed by atoms with E-state index in [0.717, 1.165) is 30.2 Å². The van der Waals surface area contributed by atoms with Crippen LogP contribution in [0, 0.1) is 13.8 Å². The molecule has 0 saturated heterocycles. The first-order chi connectivity index (χ1) is 8.16. The molecule has 0 aliphatic rings. The van der Waals surface area contributed by atoms with Gasteiger partial charge in [-0.3, -0.25) is 4.68 Å². The predicted molar refractivity (Wildman–Crippen MR) is 70.2 cm³/mol. The van der Waals surface area contributed by atoms with Crippen LogP contribution in [0.3, 0.4) is 0 Å². The second-order valence-corrected chi connectivity index (χ2v) is 5.40. The molecule has 2 aromatic heterocycles. The largest absolute Gasteiger partial charge is 0.311 e. The molecular formula is C12H18N4S. The Kier molecular flexibility index (Phi) is 3.91. The lowest BCUT2D eigenvalue weighted by Crippen LogP contribution is -2.17. The summed E-state index contributed by atoms with van der Waals surface area (Å²) >= 11 is 1.77. The maximum Gasteiger partial charge on any atom is 0.0900 e. The highest BCUT2D eigenvalue weighted by Crippen LogP contribution is 2.16. The fourth-order valence-electron chi connectivity index (χ4n) is 1.80. The van der Waals surface area contributed by atoms with Crippen molar-refractivity contribution >= 4 is 11.3 Å². The molecule has 0 atom stereocenters. The van der Waals surface area contributed by atoms with E-state index >= 15 is 0 Å². The molecule has 17 heavy (non-hydrogen) atoms. The number of aromatic nitrogens is 3. The Bertz CT molecular complexity index is 486. The number of rotatable bonds is 5. The van der Waals surface area contributed by atoms with E-state index in [0.29, 0.717) is 0 Å².